The Hall–Kier alpha value is -1.48. The second-order valence-electron chi connectivity index (χ2n) is 3.98. The molecule has 0 amide bonds. The summed E-state index contributed by atoms with van der Waals surface area (Å²) in [5.41, 5.74) is 9.36. The van der Waals surface area contributed by atoms with Crippen molar-refractivity contribution >= 4 is 17.4 Å². The highest BCUT2D eigenvalue weighted by Crippen LogP contribution is 2.17. The molecule has 0 saturated heterocycles. The third-order valence-corrected chi connectivity index (χ3v) is 2.95. The van der Waals surface area contributed by atoms with Crippen LogP contribution in [-0.4, -0.2) is 9.78 Å². The summed E-state index contributed by atoms with van der Waals surface area (Å²) in [6.07, 6.45) is 1.74. The molecule has 0 aliphatic rings. The first kappa shape index (κ1) is 11.0. The number of anilines is 1. The molecule has 0 aliphatic carbocycles. The minimum atomic E-state index is 0.380. The van der Waals surface area contributed by atoms with Gasteiger partial charge in [-0.1, -0.05) is 29.8 Å². The molecule has 2 aromatic rings. The van der Waals surface area contributed by atoms with Gasteiger partial charge in [0.25, 0.3) is 0 Å². The average Bonchev–Trinajstić information content (AvgIpc) is 2.52. The van der Waals surface area contributed by atoms with Crippen LogP contribution in [0.5, 0.6) is 0 Å². The lowest BCUT2D eigenvalue weighted by atomic mass is 10.1. The van der Waals surface area contributed by atoms with Gasteiger partial charge >= 0.3 is 0 Å². The lowest BCUT2D eigenvalue weighted by Crippen LogP contribution is -2.01. The summed E-state index contributed by atoms with van der Waals surface area (Å²) in [6.45, 7) is 4.89. The van der Waals surface area contributed by atoms with Crippen LogP contribution in [-0.2, 0) is 6.54 Å². The summed E-state index contributed by atoms with van der Waals surface area (Å²) in [4.78, 5) is 0. The van der Waals surface area contributed by atoms with E-state index in [1.54, 1.807) is 10.9 Å². The van der Waals surface area contributed by atoms with Crippen molar-refractivity contribution in [1.29, 1.82) is 0 Å². The van der Waals surface area contributed by atoms with Gasteiger partial charge in [0.2, 0.25) is 0 Å². The standard InChI is InChI=1S/C12H14ClN3/c1-8-3-4-10(5-9(8)2)6-16-7-11(13)12(14)15-16/h3-5,7H,6H2,1-2H3,(H2,14,15). The van der Waals surface area contributed by atoms with Gasteiger partial charge in [0.1, 0.15) is 5.02 Å². The molecule has 0 radical (unpaired) electrons. The normalized spacial score (nSPS) is 10.7. The van der Waals surface area contributed by atoms with Gasteiger partial charge in [0.15, 0.2) is 5.82 Å². The highest BCUT2D eigenvalue weighted by atomic mass is 35.5. The fourth-order valence-corrected chi connectivity index (χ4v) is 1.73. The van der Waals surface area contributed by atoms with Crippen LogP contribution in [0.15, 0.2) is 24.4 Å². The van der Waals surface area contributed by atoms with E-state index in [4.69, 9.17) is 17.3 Å². The number of nitrogen functional groups attached to an aromatic ring is 1. The second kappa shape index (κ2) is 4.18. The molecule has 1 aromatic carbocycles. The Balaban J connectivity index is 2.23. The molecule has 84 valence electrons. The Morgan fingerprint density at radius 1 is 1.31 bits per heavy atom. The molecule has 1 heterocycles. The fraction of sp³-hybridized carbons (Fsp3) is 0.250. The summed E-state index contributed by atoms with van der Waals surface area (Å²) < 4.78 is 1.75. The van der Waals surface area contributed by atoms with Crippen molar-refractivity contribution in [2.45, 2.75) is 20.4 Å². The zero-order valence-corrected chi connectivity index (χ0v) is 10.1. The molecule has 0 atom stereocenters. The minimum absolute atomic E-state index is 0.380. The lowest BCUT2D eigenvalue weighted by Gasteiger charge is -2.05. The fourth-order valence-electron chi connectivity index (χ4n) is 1.58. The molecule has 1 aromatic heterocycles. The molecule has 4 heteroatoms. The zero-order chi connectivity index (χ0) is 11.7. The lowest BCUT2D eigenvalue weighted by molar-refractivity contribution is 0.689. The van der Waals surface area contributed by atoms with E-state index in [1.807, 2.05) is 0 Å². The largest absolute Gasteiger partial charge is 0.381 e. The third kappa shape index (κ3) is 2.19. The summed E-state index contributed by atoms with van der Waals surface area (Å²) in [5.74, 6) is 0.380. The summed E-state index contributed by atoms with van der Waals surface area (Å²) >= 11 is 5.84. The molecular weight excluding hydrogens is 222 g/mol. The van der Waals surface area contributed by atoms with Crippen LogP contribution in [0, 0.1) is 13.8 Å². The van der Waals surface area contributed by atoms with Crippen LogP contribution in [0.25, 0.3) is 0 Å². The number of benzene rings is 1. The molecule has 2 rings (SSSR count). The van der Waals surface area contributed by atoms with Gasteiger partial charge in [0.05, 0.1) is 6.54 Å². The highest BCUT2D eigenvalue weighted by Gasteiger charge is 2.03. The molecule has 0 aliphatic heterocycles. The van der Waals surface area contributed by atoms with Gasteiger partial charge in [-0.3, -0.25) is 4.68 Å². The number of rotatable bonds is 2. The molecule has 0 spiro atoms. The van der Waals surface area contributed by atoms with Crippen LogP contribution in [0.2, 0.25) is 5.02 Å². The molecule has 16 heavy (non-hydrogen) atoms. The first-order valence-corrected chi connectivity index (χ1v) is 5.48. The van der Waals surface area contributed by atoms with Gasteiger partial charge < -0.3 is 5.73 Å². The molecule has 0 saturated carbocycles. The van der Waals surface area contributed by atoms with Crippen LogP contribution in [0.4, 0.5) is 5.82 Å². The van der Waals surface area contributed by atoms with Crippen molar-refractivity contribution < 1.29 is 0 Å². The molecule has 0 unspecified atom stereocenters. The highest BCUT2D eigenvalue weighted by molar-refractivity contribution is 6.32. The van der Waals surface area contributed by atoms with Crippen molar-refractivity contribution in [2.75, 3.05) is 5.73 Å². The topological polar surface area (TPSA) is 43.8 Å². The van der Waals surface area contributed by atoms with Gasteiger partial charge in [-0.2, -0.15) is 5.10 Å². The van der Waals surface area contributed by atoms with Gasteiger partial charge in [-0.15, -0.1) is 0 Å². The number of hydrogen-bond acceptors (Lipinski definition) is 2. The van der Waals surface area contributed by atoms with Crippen molar-refractivity contribution in [3.05, 3.63) is 46.1 Å². The maximum Gasteiger partial charge on any atom is 0.164 e. The SMILES string of the molecule is Cc1ccc(Cn2cc(Cl)c(N)n2)cc1C. The van der Waals surface area contributed by atoms with E-state index in [0.29, 0.717) is 17.4 Å². The first-order chi connectivity index (χ1) is 7.56. The number of aromatic nitrogens is 2. The summed E-state index contributed by atoms with van der Waals surface area (Å²) in [6, 6.07) is 6.36. The maximum atomic E-state index is 5.84. The first-order valence-electron chi connectivity index (χ1n) is 5.11. The minimum Gasteiger partial charge on any atom is -0.381 e. The Bertz CT molecular complexity index is 497. The van der Waals surface area contributed by atoms with Crippen LogP contribution in [0.1, 0.15) is 16.7 Å². The van der Waals surface area contributed by atoms with Crippen molar-refractivity contribution in [2.24, 2.45) is 0 Å². The number of halogens is 1. The van der Waals surface area contributed by atoms with Crippen LogP contribution < -0.4 is 5.73 Å². The summed E-state index contributed by atoms with van der Waals surface area (Å²) in [5, 5.41) is 4.62. The van der Waals surface area contributed by atoms with E-state index in [1.165, 1.54) is 16.7 Å². The van der Waals surface area contributed by atoms with Gasteiger partial charge in [-0.25, -0.2) is 0 Å². The van der Waals surface area contributed by atoms with E-state index in [0.717, 1.165) is 0 Å². The van der Waals surface area contributed by atoms with Crippen LogP contribution in [0.3, 0.4) is 0 Å². The van der Waals surface area contributed by atoms with E-state index in [-0.39, 0.29) is 0 Å². The monoisotopic (exact) mass is 235 g/mol. The smallest absolute Gasteiger partial charge is 0.164 e. The zero-order valence-electron chi connectivity index (χ0n) is 9.37. The van der Waals surface area contributed by atoms with E-state index in [2.05, 4.69) is 37.1 Å². The molecule has 2 N–H and O–H groups in total. The van der Waals surface area contributed by atoms with E-state index in [9.17, 15) is 0 Å². The van der Waals surface area contributed by atoms with Crippen molar-refractivity contribution in [1.82, 2.24) is 9.78 Å². The molecule has 0 bridgehead atoms. The predicted molar refractivity (Wildman–Crippen MR) is 66.7 cm³/mol. The maximum absolute atomic E-state index is 5.84. The number of hydrogen-bond donors (Lipinski definition) is 1. The average molecular weight is 236 g/mol. The summed E-state index contributed by atoms with van der Waals surface area (Å²) in [7, 11) is 0. The van der Waals surface area contributed by atoms with Gasteiger partial charge in [0, 0.05) is 6.20 Å². The number of nitrogens with two attached hydrogens (primary N) is 1. The Kier molecular flexibility index (Phi) is 2.88. The quantitative estimate of drug-likeness (QED) is 0.870. The predicted octanol–water partition coefficient (Wildman–Crippen LogP) is 2.78. The molecule has 0 fully saturated rings. The van der Waals surface area contributed by atoms with Crippen LogP contribution >= 0.6 is 11.6 Å². The molecule has 3 nitrogen and oxygen atoms in total. The van der Waals surface area contributed by atoms with E-state index >= 15 is 0 Å². The third-order valence-electron chi connectivity index (χ3n) is 2.66. The Morgan fingerprint density at radius 3 is 2.62 bits per heavy atom. The second-order valence-corrected chi connectivity index (χ2v) is 4.39. The number of nitrogens with zero attached hydrogens (tertiary/aromatic N) is 2. The van der Waals surface area contributed by atoms with Gasteiger partial charge in [-0.05, 0) is 30.5 Å². The van der Waals surface area contributed by atoms with Crippen molar-refractivity contribution in [3.8, 4) is 0 Å². The Labute approximate surface area is 99.8 Å². The Morgan fingerprint density at radius 2 is 2.06 bits per heavy atom. The van der Waals surface area contributed by atoms with E-state index < -0.39 is 0 Å². The van der Waals surface area contributed by atoms with Crippen molar-refractivity contribution in [3.63, 3.8) is 0 Å². The molecular formula is C12H14ClN3. The number of aryl methyl sites for hydroxylation is 2.